The van der Waals surface area contributed by atoms with Crippen LogP contribution in [-0.2, 0) is 0 Å². The van der Waals surface area contributed by atoms with E-state index >= 15 is 0 Å². The quantitative estimate of drug-likeness (QED) is 0.791. The van der Waals surface area contributed by atoms with E-state index < -0.39 is 0 Å². The van der Waals surface area contributed by atoms with E-state index in [4.69, 9.17) is 15.2 Å². The lowest BCUT2D eigenvalue weighted by Gasteiger charge is -2.17. The second-order valence-electron chi connectivity index (χ2n) is 3.37. The van der Waals surface area contributed by atoms with Gasteiger partial charge in [-0.3, -0.25) is 0 Å². The highest BCUT2D eigenvalue weighted by atomic mass is 16.5. The van der Waals surface area contributed by atoms with Gasteiger partial charge in [-0.05, 0) is 18.7 Å². The molecule has 4 nitrogen and oxygen atoms in total. The highest BCUT2D eigenvalue weighted by Crippen LogP contribution is 2.40. The van der Waals surface area contributed by atoms with Crippen LogP contribution in [0.15, 0.2) is 12.1 Å². The Bertz CT molecular complexity index is 339. The fourth-order valence-corrected chi connectivity index (χ4v) is 1.53. The lowest BCUT2D eigenvalue weighted by Crippen LogP contribution is -2.10. The Morgan fingerprint density at radius 2 is 2.00 bits per heavy atom. The van der Waals surface area contributed by atoms with Gasteiger partial charge in [-0.2, -0.15) is 0 Å². The third-order valence-electron chi connectivity index (χ3n) is 2.41. The second kappa shape index (κ2) is 4.89. The van der Waals surface area contributed by atoms with Gasteiger partial charge in [0, 0.05) is 11.5 Å². The van der Waals surface area contributed by atoms with Crippen molar-refractivity contribution in [1.29, 1.82) is 0 Å². The first-order valence-corrected chi connectivity index (χ1v) is 4.79. The van der Waals surface area contributed by atoms with E-state index in [1.54, 1.807) is 26.4 Å². The summed E-state index contributed by atoms with van der Waals surface area (Å²) < 4.78 is 10.4. The molecule has 3 N–H and O–H groups in total. The molecule has 0 saturated carbocycles. The maximum atomic E-state index is 9.75. The van der Waals surface area contributed by atoms with Gasteiger partial charge in [0.05, 0.1) is 14.2 Å². The van der Waals surface area contributed by atoms with E-state index in [1.807, 2.05) is 6.92 Å². The molecular weight excluding hydrogens is 194 g/mol. The van der Waals surface area contributed by atoms with Gasteiger partial charge in [-0.15, -0.1) is 0 Å². The number of hydrogen-bond donors (Lipinski definition) is 2. The number of nitrogens with two attached hydrogens (primary N) is 1. The van der Waals surface area contributed by atoms with Crippen molar-refractivity contribution < 1.29 is 14.6 Å². The summed E-state index contributed by atoms with van der Waals surface area (Å²) in [4.78, 5) is 0. The highest BCUT2D eigenvalue weighted by Gasteiger charge is 2.18. The molecule has 0 saturated heterocycles. The first kappa shape index (κ1) is 11.7. The fourth-order valence-electron chi connectivity index (χ4n) is 1.53. The molecule has 84 valence electrons. The van der Waals surface area contributed by atoms with Crippen molar-refractivity contribution >= 4 is 0 Å². The molecule has 0 spiro atoms. The normalized spacial score (nSPS) is 12.3. The zero-order valence-electron chi connectivity index (χ0n) is 9.28. The van der Waals surface area contributed by atoms with Crippen LogP contribution in [0.1, 0.15) is 18.4 Å². The molecule has 0 heterocycles. The zero-order valence-corrected chi connectivity index (χ0v) is 9.28. The van der Waals surface area contributed by atoms with Crippen LogP contribution in [0.4, 0.5) is 0 Å². The Hall–Kier alpha value is -1.42. The van der Waals surface area contributed by atoms with Crippen LogP contribution in [-0.4, -0.2) is 25.9 Å². The first-order valence-electron chi connectivity index (χ1n) is 4.79. The maximum Gasteiger partial charge on any atom is 0.167 e. The highest BCUT2D eigenvalue weighted by molar-refractivity contribution is 5.55. The molecule has 1 atom stereocenters. The monoisotopic (exact) mass is 211 g/mol. The maximum absolute atomic E-state index is 9.75. The van der Waals surface area contributed by atoms with Gasteiger partial charge in [-0.25, -0.2) is 0 Å². The number of methoxy groups -OCH3 is 2. The average Bonchev–Trinajstić information content (AvgIpc) is 2.27. The number of rotatable bonds is 4. The molecule has 0 radical (unpaired) electrons. The van der Waals surface area contributed by atoms with E-state index in [-0.39, 0.29) is 11.7 Å². The Balaban J connectivity index is 3.31. The van der Waals surface area contributed by atoms with Crippen molar-refractivity contribution in [2.75, 3.05) is 20.8 Å². The van der Waals surface area contributed by atoms with Crippen molar-refractivity contribution in [3.05, 3.63) is 17.7 Å². The van der Waals surface area contributed by atoms with Gasteiger partial charge in [-0.1, -0.05) is 6.92 Å². The fraction of sp³-hybridized carbons (Fsp3) is 0.455. The largest absolute Gasteiger partial charge is 0.508 e. The van der Waals surface area contributed by atoms with Gasteiger partial charge in [0.25, 0.3) is 0 Å². The molecule has 1 aromatic carbocycles. The van der Waals surface area contributed by atoms with E-state index in [2.05, 4.69) is 0 Å². The third kappa shape index (κ3) is 2.15. The van der Waals surface area contributed by atoms with Gasteiger partial charge >= 0.3 is 0 Å². The Labute approximate surface area is 89.6 Å². The molecule has 0 aliphatic heterocycles. The summed E-state index contributed by atoms with van der Waals surface area (Å²) in [7, 11) is 3.11. The molecule has 1 aromatic rings. The van der Waals surface area contributed by atoms with Crippen molar-refractivity contribution in [2.45, 2.75) is 12.8 Å². The van der Waals surface area contributed by atoms with Crippen LogP contribution >= 0.6 is 0 Å². The van der Waals surface area contributed by atoms with E-state index in [9.17, 15) is 5.11 Å². The summed E-state index contributed by atoms with van der Waals surface area (Å²) in [5.74, 6) is 1.36. The number of ether oxygens (including phenoxy) is 2. The molecule has 1 unspecified atom stereocenters. The predicted octanol–water partition coefficient (Wildman–Crippen LogP) is 1.47. The van der Waals surface area contributed by atoms with Crippen molar-refractivity contribution in [2.24, 2.45) is 5.73 Å². The standard InChI is InChI=1S/C11H17NO3/c1-7(6-12)10-8(13)4-5-9(14-2)11(10)15-3/h4-5,7,13H,6,12H2,1-3H3. The molecular formula is C11H17NO3. The zero-order chi connectivity index (χ0) is 11.4. The SMILES string of the molecule is COc1ccc(O)c(C(C)CN)c1OC. The van der Waals surface area contributed by atoms with Crippen LogP contribution in [0, 0.1) is 0 Å². The molecule has 0 bridgehead atoms. The van der Waals surface area contributed by atoms with Gasteiger partial charge < -0.3 is 20.3 Å². The van der Waals surface area contributed by atoms with E-state index in [1.165, 1.54) is 0 Å². The first-order chi connectivity index (χ1) is 7.15. The van der Waals surface area contributed by atoms with Gasteiger partial charge in [0.15, 0.2) is 11.5 Å². The number of benzene rings is 1. The van der Waals surface area contributed by atoms with Crippen LogP contribution < -0.4 is 15.2 Å². The Kier molecular flexibility index (Phi) is 3.80. The molecule has 15 heavy (non-hydrogen) atoms. The smallest absolute Gasteiger partial charge is 0.167 e. The lowest BCUT2D eigenvalue weighted by atomic mass is 9.98. The van der Waals surface area contributed by atoms with Crippen molar-refractivity contribution in [3.8, 4) is 17.2 Å². The van der Waals surface area contributed by atoms with Crippen molar-refractivity contribution in [1.82, 2.24) is 0 Å². The molecule has 0 aliphatic carbocycles. The Morgan fingerprint density at radius 1 is 1.33 bits per heavy atom. The average molecular weight is 211 g/mol. The third-order valence-corrected chi connectivity index (χ3v) is 2.41. The van der Waals surface area contributed by atoms with Crippen LogP contribution in [0.5, 0.6) is 17.2 Å². The number of phenols is 1. The number of hydrogen-bond acceptors (Lipinski definition) is 4. The minimum Gasteiger partial charge on any atom is -0.508 e. The van der Waals surface area contributed by atoms with E-state index in [0.717, 1.165) is 0 Å². The molecule has 0 aliphatic rings. The lowest BCUT2D eigenvalue weighted by molar-refractivity contribution is 0.344. The van der Waals surface area contributed by atoms with Crippen molar-refractivity contribution in [3.63, 3.8) is 0 Å². The summed E-state index contributed by atoms with van der Waals surface area (Å²) >= 11 is 0. The molecule has 0 fully saturated rings. The van der Waals surface area contributed by atoms with Crippen LogP contribution in [0.25, 0.3) is 0 Å². The number of aromatic hydroxyl groups is 1. The minimum atomic E-state index is 0.0232. The summed E-state index contributed by atoms with van der Waals surface area (Å²) in [5, 5.41) is 9.75. The summed E-state index contributed by atoms with van der Waals surface area (Å²) in [6.45, 7) is 2.37. The van der Waals surface area contributed by atoms with Gasteiger partial charge in [0.1, 0.15) is 5.75 Å². The summed E-state index contributed by atoms with van der Waals surface area (Å²) in [5.41, 5.74) is 6.27. The topological polar surface area (TPSA) is 64.7 Å². The summed E-state index contributed by atoms with van der Waals surface area (Å²) in [6.07, 6.45) is 0. The van der Waals surface area contributed by atoms with Crippen LogP contribution in [0.2, 0.25) is 0 Å². The minimum absolute atomic E-state index is 0.0232. The van der Waals surface area contributed by atoms with Gasteiger partial charge in [0.2, 0.25) is 0 Å². The van der Waals surface area contributed by atoms with Crippen LogP contribution in [0.3, 0.4) is 0 Å². The Morgan fingerprint density at radius 3 is 2.47 bits per heavy atom. The molecule has 1 rings (SSSR count). The molecule has 0 aromatic heterocycles. The number of phenolic OH excluding ortho intramolecular Hbond substituents is 1. The second-order valence-corrected chi connectivity index (χ2v) is 3.37. The van der Waals surface area contributed by atoms with E-state index in [0.29, 0.717) is 23.6 Å². The molecule has 4 heteroatoms. The summed E-state index contributed by atoms with van der Waals surface area (Å²) in [6, 6.07) is 3.25. The predicted molar refractivity (Wildman–Crippen MR) is 58.7 cm³/mol. The molecule has 0 amide bonds.